The van der Waals surface area contributed by atoms with E-state index in [0.717, 1.165) is 6.71 Å². The third kappa shape index (κ3) is 1.45. The van der Waals surface area contributed by atoms with E-state index < -0.39 is 0 Å². The molecule has 12 heavy (non-hydrogen) atoms. The smallest absolute Gasteiger partial charge is 0.0931 e. The number of hydrogen-bond acceptors (Lipinski definition) is 0. The molecule has 1 heteroatoms. The van der Waals surface area contributed by atoms with Gasteiger partial charge in [-0.3, -0.25) is 0 Å². The Bertz CT molecular complexity index is 287. The maximum absolute atomic E-state index is 2.36. The molecule has 0 aromatic heterocycles. The highest BCUT2D eigenvalue weighted by Gasteiger charge is 2.19. The average Bonchev–Trinajstić information content (AvgIpc) is 2.54. The Balaban J connectivity index is 2.14. The molecule has 0 bridgehead atoms. The molecule has 2 rings (SSSR count). The van der Waals surface area contributed by atoms with Gasteiger partial charge in [-0.25, -0.2) is 0 Å². The summed E-state index contributed by atoms with van der Waals surface area (Å²) < 4.78 is 0. The summed E-state index contributed by atoms with van der Waals surface area (Å²) in [6.45, 7) is 2.98. The van der Waals surface area contributed by atoms with E-state index in [1.807, 2.05) is 0 Å². The van der Waals surface area contributed by atoms with Crippen LogP contribution in [0.4, 0.5) is 0 Å². The van der Waals surface area contributed by atoms with E-state index in [0.29, 0.717) is 0 Å². The lowest BCUT2D eigenvalue weighted by Crippen LogP contribution is -2.26. The van der Waals surface area contributed by atoms with Crippen molar-refractivity contribution in [3.63, 3.8) is 0 Å². The van der Waals surface area contributed by atoms with Crippen molar-refractivity contribution in [2.45, 2.75) is 19.6 Å². The fraction of sp³-hybridized carbons (Fsp3) is 0.273. The fourth-order valence-corrected chi connectivity index (χ4v) is 1.88. The fourth-order valence-electron chi connectivity index (χ4n) is 1.88. The molecule has 0 saturated heterocycles. The van der Waals surface area contributed by atoms with Crippen molar-refractivity contribution in [3.05, 3.63) is 42.0 Å². The molecule has 0 saturated carbocycles. The standard InChI is InChI=1S/C11H13B/c1-10-7-8-12(9-10)11-5-3-2-4-6-11/h2-7H,8-9H2,1H3. The molecule has 60 valence electrons. The van der Waals surface area contributed by atoms with Gasteiger partial charge in [-0.15, -0.1) is 0 Å². The molecule has 1 aromatic carbocycles. The highest BCUT2D eigenvalue weighted by molar-refractivity contribution is 6.74. The van der Waals surface area contributed by atoms with Crippen molar-refractivity contribution >= 4 is 12.2 Å². The molecule has 0 aliphatic carbocycles. The van der Waals surface area contributed by atoms with Crippen molar-refractivity contribution in [1.29, 1.82) is 0 Å². The third-order valence-corrected chi connectivity index (χ3v) is 2.59. The normalized spacial score (nSPS) is 16.4. The summed E-state index contributed by atoms with van der Waals surface area (Å²) >= 11 is 0. The van der Waals surface area contributed by atoms with Crippen LogP contribution in [0.15, 0.2) is 42.0 Å². The van der Waals surface area contributed by atoms with Crippen LogP contribution in [0, 0.1) is 0 Å². The van der Waals surface area contributed by atoms with Crippen LogP contribution in [0.5, 0.6) is 0 Å². The second-order valence-electron chi connectivity index (χ2n) is 3.60. The van der Waals surface area contributed by atoms with Crippen LogP contribution in [0.25, 0.3) is 0 Å². The van der Waals surface area contributed by atoms with Crippen molar-refractivity contribution < 1.29 is 0 Å². The van der Waals surface area contributed by atoms with Crippen LogP contribution >= 0.6 is 0 Å². The monoisotopic (exact) mass is 156 g/mol. The molecule has 1 aliphatic heterocycles. The Kier molecular flexibility index (Phi) is 2.03. The zero-order valence-corrected chi connectivity index (χ0v) is 7.46. The van der Waals surface area contributed by atoms with Gasteiger partial charge in [-0.2, -0.15) is 0 Å². The summed E-state index contributed by atoms with van der Waals surface area (Å²) in [7, 11) is 0. The molecule has 0 unspecified atom stereocenters. The first-order valence-corrected chi connectivity index (χ1v) is 4.57. The van der Waals surface area contributed by atoms with Crippen LogP contribution in [-0.2, 0) is 0 Å². The van der Waals surface area contributed by atoms with Gasteiger partial charge in [-0.1, -0.05) is 53.8 Å². The largest absolute Gasteiger partial charge is 0.183 e. The van der Waals surface area contributed by atoms with Gasteiger partial charge in [0.25, 0.3) is 0 Å². The summed E-state index contributed by atoms with van der Waals surface area (Å²) in [6, 6.07) is 10.8. The number of allylic oxidation sites excluding steroid dienone is 2. The molecule has 0 atom stereocenters. The van der Waals surface area contributed by atoms with Crippen LogP contribution in [-0.4, -0.2) is 6.71 Å². The lowest BCUT2D eigenvalue weighted by Gasteiger charge is -2.04. The maximum Gasteiger partial charge on any atom is 0.183 e. The molecule has 1 heterocycles. The molecule has 0 spiro atoms. The maximum atomic E-state index is 2.36. The summed E-state index contributed by atoms with van der Waals surface area (Å²) in [5.74, 6) is 0. The first kappa shape index (κ1) is 7.66. The topological polar surface area (TPSA) is 0 Å². The van der Waals surface area contributed by atoms with Crippen LogP contribution < -0.4 is 5.46 Å². The minimum absolute atomic E-state index is 0.756. The molecular formula is C11H13B. The van der Waals surface area contributed by atoms with Crippen molar-refractivity contribution in [2.75, 3.05) is 0 Å². The minimum Gasteiger partial charge on any atom is -0.0931 e. The van der Waals surface area contributed by atoms with Gasteiger partial charge in [0.15, 0.2) is 6.71 Å². The van der Waals surface area contributed by atoms with Gasteiger partial charge in [0.05, 0.1) is 0 Å². The SMILES string of the molecule is CC1=CCB(c2ccccc2)C1. The number of rotatable bonds is 1. The van der Waals surface area contributed by atoms with E-state index in [9.17, 15) is 0 Å². The van der Waals surface area contributed by atoms with Gasteiger partial charge >= 0.3 is 0 Å². The van der Waals surface area contributed by atoms with Crippen molar-refractivity contribution in [1.82, 2.24) is 0 Å². The average molecular weight is 156 g/mol. The van der Waals surface area contributed by atoms with E-state index in [1.54, 1.807) is 5.57 Å². The summed E-state index contributed by atoms with van der Waals surface area (Å²) in [4.78, 5) is 0. The highest BCUT2D eigenvalue weighted by Crippen LogP contribution is 2.18. The van der Waals surface area contributed by atoms with Crippen LogP contribution in [0.3, 0.4) is 0 Å². The van der Waals surface area contributed by atoms with E-state index >= 15 is 0 Å². The quantitative estimate of drug-likeness (QED) is 0.432. The Labute approximate surface area is 74.4 Å². The van der Waals surface area contributed by atoms with Crippen molar-refractivity contribution in [3.8, 4) is 0 Å². The molecule has 1 aliphatic rings. The summed E-state index contributed by atoms with van der Waals surface area (Å²) in [5, 5.41) is 0. The van der Waals surface area contributed by atoms with Crippen LogP contribution in [0.2, 0.25) is 12.6 Å². The highest BCUT2D eigenvalue weighted by atomic mass is 14.0. The van der Waals surface area contributed by atoms with Crippen molar-refractivity contribution in [2.24, 2.45) is 0 Å². The second kappa shape index (κ2) is 3.18. The van der Waals surface area contributed by atoms with E-state index in [-0.39, 0.29) is 0 Å². The zero-order valence-electron chi connectivity index (χ0n) is 7.46. The molecule has 0 nitrogen and oxygen atoms in total. The first-order chi connectivity index (χ1) is 5.86. The molecule has 0 fully saturated rings. The second-order valence-corrected chi connectivity index (χ2v) is 3.60. The minimum atomic E-state index is 0.756. The summed E-state index contributed by atoms with van der Waals surface area (Å²) in [5.41, 5.74) is 3.04. The molecule has 0 amide bonds. The predicted octanol–water partition coefficient (Wildman–Crippen LogP) is 2.35. The summed E-state index contributed by atoms with van der Waals surface area (Å²) in [6.07, 6.45) is 4.84. The van der Waals surface area contributed by atoms with E-state index in [4.69, 9.17) is 0 Å². The van der Waals surface area contributed by atoms with E-state index in [2.05, 4.69) is 43.3 Å². The molecular weight excluding hydrogens is 143 g/mol. The predicted molar refractivity (Wildman–Crippen MR) is 55.2 cm³/mol. The Morgan fingerprint density at radius 1 is 1.17 bits per heavy atom. The first-order valence-electron chi connectivity index (χ1n) is 4.57. The third-order valence-electron chi connectivity index (χ3n) is 2.59. The van der Waals surface area contributed by atoms with Crippen LogP contribution in [0.1, 0.15) is 6.92 Å². The number of hydrogen-bond donors (Lipinski definition) is 0. The van der Waals surface area contributed by atoms with Gasteiger partial charge in [0.1, 0.15) is 0 Å². The van der Waals surface area contributed by atoms with E-state index in [1.165, 1.54) is 18.1 Å². The molecule has 0 N–H and O–H groups in total. The van der Waals surface area contributed by atoms with Gasteiger partial charge in [0.2, 0.25) is 0 Å². The Morgan fingerprint density at radius 3 is 2.50 bits per heavy atom. The Morgan fingerprint density at radius 2 is 1.92 bits per heavy atom. The van der Waals surface area contributed by atoms with Gasteiger partial charge in [0, 0.05) is 0 Å². The van der Waals surface area contributed by atoms with Gasteiger partial charge < -0.3 is 0 Å². The molecule has 1 aromatic rings. The van der Waals surface area contributed by atoms with Gasteiger partial charge in [-0.05, 0) is 13.2 Å². The lowest BCUT2D eigenvalue weighted by molar-refractivity contribution is 1.40. The lowest BCUT2D eigenvalue weighted by atomic mass is 9.43. The Hall–Kier alpha value is -0.975. The zero-order chi connectivity index (χ0) is 8.39. The number of benzene rings is 1. The molecule has 0 radical (unpaired) electrons.